The van der Waals surface area contributed by atoms with E-state index < -0.39 is 0 Å². The lowest BCUT2D eigenvalue weighted by atomic mass is 10.0. The summed E-state index contributed by atoms with van der Waals surface area (Å²) in [6.45, 7) is 1.70. The van der Waals surface area contributed by atoms with Crippen molar-refractivity contribution >= 4 is 11.6 Å². The Morgan fingerprint density at radius 3 is 0.568 bits per heavy atom. The second-order valence-corrected chi connectivity index (χ2v) is 14.0. The molecule has 0 aliphatic heterocycles. The van der Waals surface area contributed by atoms with E-state index in [9.17, 15) is 9.59 Å². The molecule has 4 heteroatoms. The lowest BCUT2D eigenvalue weighted by Crippen LogP contribution is -2.04. The van der Waals surface area contributed by atoms with Crippen LogP contribution in [0, 0.1) is 0 Å². The maximum Gasteiger partial charge on any atom is 0.133 e. The summed E-state index contributed by atoms with van der Waals surface area (Å²) in [5.74, 6) is 0.597. The molecule has 0 saturated carbocycles. The summed E-state index contributed by atoms with van der Waals surface area (Å²) in [6.07, 6.45) is 44.6. The average Bonchev–Trinajstić information content (AvgIpc) is 3.03. The Balaban J connectivity index is 3.26. The van der Waals surface area contributed by atoms with Gasteiger partial charge in [0.05, 0.1) is 0 Å². The largest absolute Gasteiger partial charge is 0.330 e. The Kier molecular flexibility index (Phi) is 37.8. The Bertz CT molecular complexity index is 530. The summed E-state index contributed by atoms with van der Waals surface area (Å²) < 4.78 is 0. The van der Waals surface area contributed by atoms with Crippen LogP contribution < -0.4 is 11.5 Å². The minimum absolute atomic E-state index is 0.298. The van der Waals surface area contributed by atoms with Crippen molar-refractivity contribution in [3.05, 3.63) is 0 Å². The Hall–Kier alpha value is -0.740. The van der Waals surface area contributed by atoms with Crippen molar-refractivity contribution in [2.24, 2.45) is 11.5 Å². The standard InChI is InChI=1S/C40H80N2O2/c41-37-31-27-23-19-15-11-7-3-1-5-9-13-17-21-25-29-33-39(43)35-36-40(44)34-30-26-22-18-14-10-6-2-4-8-12-16-20-24-28-32-38-42/h1-38,41-42H2. The molecule has 0 aromatic carbocycles. The molecule has 0 aromatic rings. The summed E-state index contributed by atoms with van der Waals surface area (Å²) in [6, 6.07) is 0. The monoisotopic (exact) mass is 621 g/mol. The van der Waals surface area contributed by atoms with E-state index in [1.54, 1.807) is 0 Å². The third kappa shape index (κ3) is 37.4. The van der Waals surface area contributed by atoms with E-state index in [4.69, 9.17) is 11.5 Å². The molecule has 44 heavy (non-hydrogen) atoms. The second-order valence-electron chi connectivity index (χ2n) is 14.0. The molecule has 0 spiro atoms. The minimum Gasteiger partial charge on any atom is -0.330 e. The zero-order valence-corrected chi connectivity index (χ0v) is 29.8. The van der Waals surface area contributed by atoms with Gasteiger partial charge in [0.2, 0.25) is 0 Å². The molecule has 0 aliphatic carbocycles. The van der Waals surface area contributed by atoms with Gasteiger partial charge in [0.25, 0.3) is 0 Å². The van der Waals surface area contributed by atoms with Crippen molar-refractivity contribution in [1.29, 1.82) is 0 Å². The molecule has 0 saturated heterocycles. The summed E-state index contributed by atoms with van der Waals surface area (Å²) in [7, 11) is 0. The number of nitrogens with two attached hydrogens (primary N) is 2. The Labute approximate surface area is 276 Å². The quantitative estimate of drug-likeness (QED) is 0.0669. The number of Topliss-reactive ketones (excluding diaryl/α,β-unsaturated/α-hetero) is 2. The van der Waals surface area contributed by atoms with Crippen LogP contribution in [0.25, 0.3) is 0 Å². The van der Waals surface area contributed by atoms with Gasteiger partial charge >= 0.3 is 0 Å². The van der Waals surface area contributed by atoms with Crippen molar-refractivity contribution in [2.45, 2.75) is 231 Å². The molecule has 0 rings (SSSR count). The van der Waals surface area contributed by atoms with Crippen molar-refractivity contribution in [3.63, 3.8) is 0 Å². The topological polar surface area (TPSA) is 86.2 Å². The smallest absolute Gasteiger partial charge is 0.133 e. The van der Waals surface area contributed by atoms with E-state index in [-0.39, 0.29) is 0 Å². The van der Waals surface area contributed by atoms with Crippen molar-refractivity contribution in [3.8, 4) is 0 Å². The lowest BCUT2D eigenvalue weighted by molar-refractivity contribution is -0.124. The normalized spacial score (nSPS) is 11.4. The van der Waals surface area contributed by atoms with Crippen LogP contribution in [0.5, 0.6) is 0 Å². The van der Waals surface area contributed by atoms with Gasteiger partial charge in [-0.3, -0.25) is 9.59 Å². The van der Waals surface area contributed by atoms with Gasteiger partial charge in [0.1, 0.15) is 11.6 Å². The zero-order valence-electron chi connectivity index (χ0n) is 29.8. The Morgan fingerprint density at radius 1 is 0.227 bits per heavy atom. The fourth-order valence-corrected chi connectivity index (χ4v) is 6.41. The van der Waals surface area contributed by atoms with Crippen LogP contribution in [0.4, 0.5) is 0 Å². The van der Waals surface area contributed by atoms with E-state index >= 15 is 0 Å². The molecule has 0 aliphatic rings. The van der Waals surface area contributed by atoms with Gasteiger partial charge in [0, 0.05) is 25.7 Å². The number of unbranched alkanes of at least 4 members (excludes halogenated alkanes) is 30. The van der Waals surface area contributed by atoms with Gasteiger partial charge in [-0.2, -0.15) is 0 Å². The first-order chi connectivity index (χ1) is 21.7. The van der Waals surface area contributed by atoms with Crippen LogP contribution in [0.15, 0.2) is 0 Å². The number of ketones is 2. The van der Waals surface area contributed by atoms with E-state index in [1.165, 1.54) is 193 Å². The van der Waals surface area contributed by atoms with Crippen LogP contribution in [-0.4, -0.2) is 24.7 Å². The molecule has 4 N–H and O–H groups in total. The third-order valence-electron chi connectivity index (χ3n) is 9.50. The maximum atomic E-state index is 12.2. The summed E-state index contributed by atoms with van der Waals surface area (Å²) in [5.41, 5.74) is 11.1. The van der Waals surface area contributed by atoms with E-state index in [0.717, 1.165) is 25.9 Å². The SMILES string of the molecule is NCCCCCCCCCCCCCCCCCCC(=O)CCC(=O)CCCCCCCCCCCCCCCCCCN. The molecular formula is C40H80N2O2. The third-order valence-corrected chi connectivity index (χ3v) is 9.50. The fraction of sp³-hybridized carbons (Fsp3) is 0.950. The predicted molar refractivity (Wildman–Crippen MR) is 194 cm³/mol. The molecule has 0 amide bonds. The van der Waals surface area contributed by atoms with Crippen LogP contribution in [0.3, 0.4) is 0 Å². The minimum atomic E-state index is 0.298. The van der Waals surface area contributed by atoms with Crippen molar-refractivity contribution < 1.29 is 9.59 Å². The molecule has 4 nitrogen and oxygen atoms in total. The number of carbonyl (C=O) groups excluding carboxylic acids is 2. The van der Waals surface area contributed by atoms with Crippen LogP contribution >= 0.6 is 0 Å². The highest BCUT2D eigenvalue weighted by Crippen LogP contribution is 2.16. The summed E-state index contributed by atoms with van der Waals surface area (Å²) in [5, 5.41) is 0. The van der Waals surface area contributed by atoms with E-state index in [1.807, 2.05) is 0 Å². The molecule has 262 valence electrons. The predicted octanol–water partition coefficient (Wildman–Crippen LogP) is 12.1. The van der Waals surface area contributed by atoms with Crippen molar-refractivity contribution in [2.75, 3.05) is 13.1 Å². The van der Waals surface area contributed by atoms with E-state index in [2.05, 4.69) is 0 Å². The van der Waals surface area contributed by atoms with Gasteiger partial charge in [-0.1, -0.05) is 180 Å². The maximum absolute atomic E-state index is 12.2. The molecule has 0 atom stereocenters. The molecule has 0 heterocycles. The number of hydrogen-bond donors (Lipinski definition) is 2. The highest BCUT2D eigenvalue weighted by Gasteiger charge is 2.07. The number of carbonyl (C=O) groups is 2. The highest BCUT2D eigenvalue weighted by atomic mass is 16.1. The number of hydrogen-bond acceptors (Lipinski definition) is 4. The van der Waals surface area contributed by atoms with Crippen LogP contribution in [0.1, 0.15) is 231 Å². The Morgan fingerprint density at radius 2 is 0.386 bits per heavy atom. The fourth-order valence-electron chi connectivity index (χ4n) is 6.41. The lowest BCUT2D eigenvalue weighted by Gasteiger charge is -2.04. The first-order valence-electron chi connectivity index (χ1n) is 20.1. The summed E-state index contributed by atoms with van der Waals surface area (Å²) in [4.78, 5) is 24.4. The molecular weight excluding hydrogens is 540 g/mol. The first kappa shape index (κ1) is 43.3. The molecule has 0 bridgehead atoms. The van der Waals surface area contributed by atoms with Gasteiger partial charge in [-0.25, -0.2) is 0 Å². The molecule has 0 unspecified atom stereocenters. The first-order valence-corrected chi connectivity index (χ1v) is 20.1. The van der Waals surface area contributed by atoms with Crippen LogP contribution in [0.2, 0.25) is 0 Å². The van der Waals surface area contributed by atoms with Crippen LogP contribution in [-0.2, 0) is 9.59 Å². The highest BCUT2D eigenvalue weighted by molar-refractivity contribution is 5.85. The van der Waals surface area contributed by atoms with Gasteiger partial charge in [0.15, 0.2) is 0 Å². The zero-order chi connectivity index (χ0) is 32.0. The second kappa shape index (κ2) is 38.4. The van der Waals surface area contributed by atoms with E-state index in [0.29, 0.717) is 37.2 Å². The molecule has 0 radical (unpaired) electrons. The van der Waals surface area contributed by atoms with Gasteiger partial charge in [-0.15, -0.1) is 0 Å². The summed E-state index contributed by atoms with van der Waals surface area (Å²) >= 11 is 0. The molecule has 0 aromatic heterocycles. The van der Waals surface area contributed by atoms with Gasteiger partial charge < -0.3 is 11.5 Å². The van der Waals surface area contributed by atoms with Crippen molar-refractivity contribution in [1.82, 2.24) is 0 Å². The number of rotatable bonds is 39. The average molecular weight is 621 g/mol. The van der Waals surface area contributed by atoms with Gasteiger partial charge in [-0.05, 0) is 38.8 Å². The molecule has 0 fully saturated rings.